The topological polar surface area (TPSA) is 25.8 Å². The Labute approximate surface area is 75.3 Å². The number of aromatic nitrogens is 2. The predicted molar refractivity (Wildman–Crippen MR) is 51.5 cm³/mol. The van der Waals surface area contributed by atoms with Gasteiger partial charge in [0.15, 0.2) is 0 Å². The Bertz CT molecular complexity index is 406. The summed E-state index contributed by atoms with van der Waals surface area (Å²) >= 11 is 1.68. The number of fused-ring (bicyclic) bond motifs is 1. The summed E-state index contributed by atoms with van der Waals surface area (Å²) in [4.78, 5) is 9.81. The molecule has 2 rings (SSSR count). The van der Waals surface area contributed by atoms with Gasteiger partial charge in [0.05, 0.1) is 5.01 Å². The highest BCUT2D eigenvalue weighted by Crippen LogP contribution is 2.20. The van der Waals surface area contributed by atoms with E-state index in [1.54, 1.807) is 11.3 Å². The summed E-state index contributed by atoms with van der Waals surface area (Å²) < 4.78 is 0. The van der Waals surface area contributed by atoms with Crippen molar-refractivity contribution in [2.45, 2.75) is 20.3 Å². The zero-order chi connectivity index (χ0) is 8.55. The van der Waals surface area contributed by atoms with Crippen LogP contribution in [0.1, 0.15) is 17.5 Å². The van der Waals surface area contributed by atoms with E-state index in [9.17, 15) is 0 Å². The van der Waals surface area contributed by atoms with Crippen LogP contribution in [0.15, 0.2) is 12.3 Å². The summed E-state index contributed by atoms with van der Waals surface area (Å²) in [6, 6.07) is 2.08. The zero-order valence-corrected chi connectivity index (χ0v) is 7.98. The fraction of sp³-hybridized carbons (Fsp3) is 0.333. The molecule has 0 amide bonds. The number of aryl methyl sites for hydroxylation is 2. The molecule has 2 nitrogen and oxygen atoms in total. The smallest absolute Gasteiger partial charge is 0.143 e. The summed E-state index contributed by atoms with van der Waals surface area (Å²) in [5.41, 5.74) is 2.22. The first kappa shape index (κ1) is 7.68. The maximum atomic E-state index is 4.45. The molecule has 0 radical (unpaired) electrons. The van der Waals surface area contributed by atoms with Crippen LogP contribution in [0.3, 0.4) is 0 Å². The third-order valence-electron chi connectivity index (χ3n) is 1.73. The molecule has 0 atom stereocenters. The summed E-state index contributed by atoms with van der Waals surface area (Å²) in [6.07, 6.45) is 2.89. The number of nitrogens with zero attached hydrogens (tertiary/aromatic N) is 2. The Morgan fingerprint density at radius 3 is 3.08 bits per heavy atom. The minimum absolute atomic E-state index is 1.00. The van der Waals surface area contributed by atoms with Gasteiger partial charge in [0.25, 0.3) is 0 Å². The average molecular weight is 178 g/mol. The molecule has 0 spiro atoms. The Balaban J connectivity index is 2.67. The first-order chi connectivity index (χ1) is 5.79. The van der Waals surface area contributed by atoms with Crippen LogP contribution in [0.4, 0.5) is 0 Å². The van der Waals surface area contributed by atoms with Crippen molar-refractivity contribution < 1.29 is 0 Å². The second-order valence-electron chi connectivity index (χ2n) is 2.80. The maximum Gasteiger partial charge on any atom is 0.143 e. The van der Waals surface area contributed by atoms with E-state index < -0.39 is 0 Å². The molecule has 2 aromatic rings. The Morgan fingerprint density at radius 2 is 2.33 bits per heavy atom. The van der Waals surface area contributed by atoms with Crippen LogP contribution in [0.25, 0.3) is 10.3 Å². The third kappa shape index (κ3) is 1.20. The molecule has 12 heavy (non-hydrogen) atoms. The van der Waals surface area contributed by atoms with Gasteiger partial charge in [-0.3, -0.25) is 0 Å². The van der Waals surface area contributed by atoms with Crippen molar-refractivity contribution in [3.8, 4) is 0 Å². The fourth-order valence-corrected chi connectivity index (χ4v) is 1.95. The van der Waals surface area contributed by atoms with E-state index in [0.29, 0.717) is 0 Å². The maximum absolute atomic E-state index is 4.45. The molecular weight excluding hydrogens is 168 g/mol. The van der Waals surface area contributed by atoms with Gasteiger partial charge in [-0.15, -0.1) is 0 Å². The lowest BCUT2D eigenvalue weighted by molar-refractivity contribution is 1.11. The first-order valence-electron chi connectivity index (χ1n) is 4.01. The molecule has 0 saturated carbocycles. The second kappa shape index (κ2) is 2.83. The van der Waals surface area contributed by atoms with E-state index in [-0.39, 0.29) is 0 Å². The van der Waals surface area contributed by atoms with Gasteiger partial charge in [-0.05, 0) is 25.0 Å². The lowest BCUT2D eigenvalue weighted by Crippen LogP contribution is -1.77. The summed E-state index contributed by atoms with van der Waals surface area (Å²) in [7, 11) is 0. The number of rotatable bonds is 1. The standard InChI is InChI=1S/C9H10N2S/c1-3-8-11-7-4-6(2)5-10-9(7)12-8/h4-5H,3H2,1-2H3. The van der Waals surface area contributed by atoms with Gasteiger partial charge in [0, 0.05) is 6.20 Å². The quantitative estimate of drug-likeness (QED) is 0.670. The normalized spacial score (nSPS) is 10.8. The minimum atomic E-state index is 1.00. The average Bonchev–Trinajstić information content (AvgIpc) is 2.46. The number of pyridine rings is 1. The largest absolute Gasteiger partial charge is 0.243 e. The molecule has 0 aliphatic heterocycles. The van der Waals surface area contributed by atoms with Crippen molar-refractivity contribution >= 4 is 21.7 Å². The Morgan fingerprint density at radius 1 is 1.50 bits per heavy atom. The van der Waals surface area contributed by atoms with Crippen LogP contribution in [0, 0.1) is 6.92 Å². The van der Waals surface area contributed by atoms with Gasteiger partial charge in [-0.2, -0.15) is 0 Å². The van der Waals surface area contributed by atoms with Gasteiger partial charge < -0.3 is 0 Å². The second-order valence-corrected chi connectivity index (χ2v) is 3.86. The molecule has 0 aliphatic rings. The van der Waals surface area contributed by atoms with Gasteiger partial charge in [-0.1, -0.05) is 18.3 Å². The summed E-state index contributed by atoms with van der Waals surface area (Å²) in [5, 5.41) is 1.17. The molecule has 2 aromatic heterocycles. The van der Waals surface area contributed by atoms with Crippen molar-refractivity contribution in [2.24, 2.45) is 0 Å². The van der Waals surface area contributed by atoms with Crippen LogP contribution in [0.5, 0.6) is 0 Å². The monoisotopic (exact) mass is 178 g/mol. The van der Waals surface area contributed by atoms with Crippen molar-refractivity contribution in [3.05, 3.63) is 22.8 Å². The molecular formula is C9H10N2S. The fourth-order valence-electron chi connectivity index (χ4n) is 1.12. The Kier molecular flexibility index (Phi) is 1.81. The highest BCUT2D eigenvalue weighted by molar-refractivity contribution is 7.18. The van der Waals surface area contributed by atoms with E-state index in [4.69, 9.17) is 0 Å². The lowest BCUT2D eigenvalue weighted by Gasteiger charge is -1.87. The predicted octanol–water partition coefficient (Wildman–Crippen LogP) is 2.56. The van der Waals surface area contributed by atoms with Crippen LogP contribution >= 0.6 is 11.3 Å². The molecule has 0 aliphatic carbocycles. The minimum Gasteiger partial charge on any atom is -0.243 e. The van der Waals surface area contributed by atoms with Crippen molar-refractivity contribution in [1.29, 1.82) is 0 Å². The van der Waals surface area contributed by atoms with Crippen molar-refractivity contribution in [1.82, 2.24) is 9.97 Å². The SMILES string of the molecule is CCc1nc2cc(C)cnc2s1. The van der Waals surface area contributed by atoms with Crippen molar-refractivity contribution in [2.75, 3.05) is 0 Å². The van der Waals surface area contributed by atoms with E-state index in [1.807, 2.05) is 13.1 Å². The van der Waals surface area contributed by atoms with E-state index >= 15 is 0 Å². The molecule has 0 unspecified atom stereocenters. The zero-order valence-electron chi connectivity index (χ0n) is 7.16. The van der Waals surface area contributed by atoms with Gasteiger partial charge in [-0.25, -0.2) is 9.97 Å². The number of thiazole rings is 1. The highest BCUT2D eigenvalue weighted by Gasteiger charge is 2.02. The lowest BCUT2D eigenvalue weighted by atomic mass is 10.3. The molecule has 0 N–H and O–H groups in total. The third-order valence-corrected chi connectivity index (χ3v) is 2.85. The Hall–Kier alpha value is -0.960. The van der Waals surface area contributed by atoms with Crippen molar-refractivity contribution in [3.63, 3.8) is 0 Å². The van der Waals surface area contributed by atoms with Gasteiger partial charge >= 0.3 is 0 Å². The molecule has 0 fully saturated rings. The number of hydrogen-bond donors (Lipinski definition) is 0. The van der Waals surface area contributed by atoms with E-state index in [2.05, 4.69) is 23.0 Å². The first-order valence-corrected chi connectivity index (χ1v) is 4.83. The van der Waals surface area contributed by atoms with Gasteiger partial charge in [0.2, 0.25) is 0 Å². The molecule has 62 valence electrons. The summed E-state index contributed by atoms with van der Waals surface area (Å²) in [5.74, 6) is 0. The van der Waals surface area contributed by atoms with Crippen LogP contribution in [-0.2, 0) is 6.42 Å². The molecule has 0 saturated heterocycles. The molecule has 0 aromatic carbocycles. The number of hydrogen-bond acceptors (Lipinski definition) is 3. The van der Waals surface area contributed by atoms with Crippen LogP contribution in [-0.4, -0.2) is 9.97 Å². The van der Waals surface area contributed by atoms with Gasteiger partial charge in [0.1, 0.15) is 10.3 Å². The van der Waals surface area contributed by atoms with E-state index in [1.165, 1.54) is 10.6 Å². The van der Waals surface area contributed by atoms with E-state index in [0.717, 1.165) is 16.8 Å². The molecule has 3 heteroatoms. The molecule has 0 bridgehead atoms. The van der Waals surface area contributed by atoms with Crippen LogP contribution < -0.4 is 0 Å². The highest BCUT2D eigenvalue weighted by atomic mass is 32.1. The summed E-state index contributed by atoms with van der Waals surface area (Å²) in [6.45, 7) is 4.15. The van der Waals surface area contributed by atoms with Crippen LogP contribution in [0.2, 0.25) is 0 Å². The molecule has 2 heterocycles.